The standard InChI is InChI=1S/C19H21N3O2/c1-13(2)17-6-4-3-5-15(17)11-22-12-16(20-21-22)9-14-7-8-18(23)19(24)10-14/h3-8,10,12-13,23-24H,9,11H2,1-2H3. The van der Waals surface area contributed by atoms with Gasteiger partial charge in [0.25, 0.3) is 0 Å². The van der Waals surface area contributed by atoms with Crippen LogP contribution in [0.15, 0.2) is 48.7 Å². The summed E-state index contributed by atoms with van der Waals surface area (Å²) in [5.41, 5.74) is 4.26. The summed E-state index contributed by atoms with van der Waals surface area (Å²) in [5, 5.41) is 27.3. The number of phenolic OH excluding ortho intramolecular Hbond substituents is 2. The van der Waals surface area contributed by atoms with E-state index in [9.17, 15) is 10.2 Å². The molecule has 0 radical (unpaired) electrons. The Balaban J connectivity index is 1.75. The van der Waals surface area contributed by atoms with Crippen molar-refractivity contribution in [2.45, 2.75) is 32.7 Å². The average Bonchev–Trinajstić information content (AvgIpc) is 2.98. The summed E-state index contributed by atoms with van der Waals surface area (Å²) < 4.78 is 1.83. The maximum atomic E-state index is 9.57. The monoisotopic (exact) mass is 323 g/mol. The van der Waals surface area contributed by atoms with Gasteiger partial charge in [0.2, 0.25) is 0 Å². The predicted molar refractivity (Wildman–Crippen MR) is 92.2 cm³/mol. The zero-order valence-corrected chi connectivity index (χ0v) is 13.8. The smallest absolute Gasteiger partial charge is 0.157 e. The highest BCUT2D eigenvalue weighted by Gasteiger charge is 2.09. The fourth-order valence-corrected chi connectivity index (χ4v) is 2.80. The van der Waals surface area contributed by atoms with Gasteiger partial charge in [-0.3, -0.25) is 0 Å². The van der Waals surface area contributed by atoms with Crippen LogP contribution >= 0.6 is 0 Å². The lowest BCUT2D eigenvalue weighted by atomic mass is 9.97. The van der Waals surface area contributed by atoms with E-state index in [4.69, 9.17) is 0 Å². The molecule has 0 unspecified atom stereocenters. The summed E-state index contributed by atoms with van der Waals surface area (Å²) in [6, 6.07) is 13.2. The highest BCUT2D eigenvalue weighted by Crippen LogP contribution is 2.26. The van der Waals surface area contributed by atoms with Gasteiger partial charge in [0, 0.05) is 12.6 Å². The molecule has 0 aliphatic carbocycles. The van der Waals surface area contributed by atoms with E-state index in [2.05, 4.69) is 42.4 Å². The van der Waals surface area contributed by atoms with Crippen LogP contribution < -0.4 is 0 Å². The molecule has 124 valence electrons. The highest BCUT2D eigenvalue weighted by molar-refractivity contribution is 5.41. The fourth-order valence-electron chi connectivity index (χ4n) is 2.80. The number of benzene rings is 2. The van der Waals surface area contributed by atoms with Crippen molar-refractivity contribution < 1.29 is 10.2 Å². The maximum absolute atomic E-state index is 9.57. The first-order valence-corrected chi connectivity index (χ1v) is 8.00. The van der Waals surface area contributed by atoms with Crippen LogP contribution in [0.4, 0.5) is 0 Å². The molecule has 0 aliphatic heterocycles. The molecule has 5 nitrogen and oxygen atoms in total. The Morgan fingerprint density at radius 3 is 2.58 bits per heavy atom. The van der Waals surface area contributed by atoms with E-state index in [0.29, 0.717) is 18.9 Å². The third kappa shape index (κ3) is 3.56. The zero-order valence-electron chi connectivity index (χ0n) is 13.8. The first-order valence-electron chi connectivity index (χ1n) is 8.00. The number of hydrogen-bond donors (Lipinski definition) is 2. The normalized spacial score (nSPS) is 11.1. The molecule has 0 saturated carbocycles. The number of aromatic hydroxyl groups is 2. The van der Waals surface area contributed by atoms with E-state index in [1.165, 1.54) is 17.2 Å². The first-order chi connectivity index (χ1) is 11.5. The molecule has 0 spiro atoms. The molecule has 24 heavy (non-hydrogen) atoms. The number of rotatable bonds is 5. The Morgan fingerprint density at radius 1 is 1.04 bits per heavy atom. The molecule has 0 aliphatic rings. The van der Waals surface area contributed by atoms with Crippen LogP contribution in [0.1, 0.15) is 42.1 Å². The molecule has 0 atom stereocenters. The van der Waals surface area contributed by atoms with Crippen molar-refractivity contribution in [1.82, 2.24) is 15.0 Å². The molecule has 5 heteroatoms. The molecule has 3 rings (SSSR count). The number of hydrogen-bond acceptors (Lipinski definition) is 4. The Hall–Kier alpha value is -2.82. The van der Waals surface area contributed by atoms with E-state index in [1.54, 1.807) is 12.1 Å². The van der Waals surface area contributed by atoms with Crippen LogP contribution in [-0.2, 0) is 13.0 Å². The third-order valence-corrected chi connectivity index (χ3v) is 4.02. The molecule has 0 fully saturated rings. The molecule has 2 N–H and O–H groups in total. The minimum Gasteiger partial charge on any atom is -0.504 e. The zero-order chi connectivity index (χ0) is 17.1. The Morgan fingerprint density at radius 2 is 1.83 bits per heavy atom. The molecular weight excluding hydrogens is 302 g/mol. The lowest BCUT2D eigenvalue weighted by Gasteiger charge is -2.12. The van der Waals surface area contributed by atoms with Gasteiger partial charge in [0.1, 0.15) is 0 Å². The lowest BCUT2D eigenvalue weighted by Crippen LogP contribution is -2.04. The van der Waals surface area contributed by atoms with Crippen molar-refractivity contribution in [3.8, 4) is 11.5 Å². The van der Waals surface area contributed by atoms with Crippen LogP contribution in [0.2, 0.25) is 0 Å². The second kappa shape index (κ2) is 6.74. The summed E-state index contributed by atoms with van der Waals surface area (Å²) in [4.78, 5) is 0. The van der Waals surface area contributed by atoms with Gasteiger partial charge in [-0.15, -0.1) is 5.10 Å². The second-order valence-corrected chi connectivity index (χ2v) is 6.26. The average molecular weight is 323 g/mol. The highest BCUT2D eigenvalue weighted by atomic mass is 16.3. The minimum atomic E-state index is -0.120. The van der Waals surface area contributed by atoms with Crippen LogP contribution in [0.3, 0.4) is 0 Å². The van der Waals surface area contributed by atoms with Crippen LogP contribution in [0.25, 0.3) is 0 Å². The van der Waals surface area contributed by atoms with E-state index in [-0.39, 0.29) is 11.5 Å². The number of aromatic nitrogens is 3. The van der Waals surface area contributed by atoms with Crippen molar-refractivity contribution >= 4 is 0 Å². The van der Waals surface area contributed by atoms with Crippen LogP contribution in [0, 0.1) is 0 Å². The molecule has 1 heterocycles. The van der Waals surface area contributed by atoms with E-state index < -0.39 is 0 Å². The summed E-state index contributed by atoms with van der Waals surface area (Å²) in [6.07, 6.45) is 2.47. The van der Waals surface area contributed by atoms with Gasteiger partial charge in [-0.05, 0) is 34.7 Å². The lowest BCUT2D eigenvalue weighted by molar-refractivity contribution is 0.403. The van der Waals surface area contributed by atoms with Gasteiger partial charge in [-0.1, -0.05) is 49.4 Å². The van der Waals surface area contributed by atoms with Crippen LogP contribution in [0.5, 0.6) is 11.5 Å². The summed E-state index contributed by atoms with van der Waals surface area (Å²) in [6.45, 7) is 5.05. The minimum absolute atomic E-state index is 0.118. The van der Waals surface area contributed by atoms with Crippen molar-refractivity contribution in [3.63, 3.8) is 0 Å². The molecule has 2 aromatic carbocycles. The molecular formula is C19H21N3O2. The Kier molecular flexibility index (Phi) is 4.51. The topological polar surface area (TPSA) is 71.2 Å². The van der Waals surface area contributed by atoms with Gasteiger partial charge >= 0.3 is 0 Å². The largest absolute Gasteiger partial charge is 0.504 e. The molecule has 3 aromatic rings. The van der Waals surface area contributed by atoms with Crippen molar-refractivity contribution in [2.24, 2.45) is 0 Å². The molecule has 1 aromatic heterocycles. The molecule has 0 saturated heterocycles. The van der Waals surface area contributed by atoms with Crippen LogP contribution in [-0.4, -0.2) is 25.2 Å². The van der Waals surface area contributed by atoms with Gasteiger partial charge in [0.05, 0.1) is 12.2 Å². The van der Waals surface area contributed by atoms with Crippen molar-refractivity contribution in [2.75, 3.05) is 0 Å². The Bertz CT molecular complexity index is 840. The number of phenols is 2. The van der Waals surface area contributed by atoms with E-state index >= 15 is 0 Å². The fraction of sp³-hybridized carbons (Fsp3) is 0.263. The summed E-state index contributed by atoms with van der Waals surface area (Å²) >= 11 is 0. The van der Waals surface area contributed by atoms with E-state index in [1.807, 2.05) is 16.9 Å². The Labute approximate surface area is 141 Å². The maximum Gasteiger partial charge on any atom is 0.157 e. The van der Waals surface area contributed by atoms with Crippen molar-refractivity contribution in [1.29, 1.82) is 0 Å². The van der Waals surface area contributed by atoms with Gasteiger partial charge in [-0.2, -0.15) is 0 Å². The van der Waals surface area contributed by atoms with E-state index in [0.717, 1.165) is 11.3 Å². The second-order valence-electron chi connectivity index (χ2n) is 6.26. The first kappa shape index (κ1) is 16.1. The quantitative estimate of drug-likeness (QED) is 0.706. The predicted octanol–water partition coefficient (Wildman–Crippen LogP) is 3.45. The van der Waals surface area contributed by atoms with Gasteiger partial charge in [0.15, 0.2) is 11.5 Å². The van der Waals surface area contributed by atoms with Gasteiger partial charge in [-0.25, -0.2) is 4.68 Å². The molecule has 0 bridgehead atoms. The number of nitrogens with zero attached hydrogens (tertiary/aromatic N) is 3. The SMILES string of the molecule is CC(C)c1ccccc1Cn1cc(Cc2ccc(O)c(O)c2)nn1. The summed E-state index contributed by atoms with van der Waals surface area (Å²) in [5.74, 6) is 0.225. The molecule has 0 amide bonds. The summed E-state index contributed by atoms with van der Waals surface area (Å²) in [7, 11) is 0. The van der Waals surface area contributed by atoms with Gasteiger partial charge < -0.3 is 10.2 Å². The third-order valence-electron chi connectivity index (χ3n) is 4.02. The van der Waals surface area contributed by atoms with Crippen molar-refractivity contribution in [3.05, 3.63) is 71.0 Å².